The van der Waals surface area contributed by atoms with Crippen molar-refractivity contribution >= 4 is 15.9 Å². The molecule has 0 spiro atoms. The van der Waals surface area contributed by atoms with Crippen LogP contribution in [0.5, 0.6) is 0 Å². The van der Waals surface area contributed by atoms with Crippen molar-refractivity contribution in [3.63, 3.8) is 0 Å². The Morgan fingerprint density at radius 2 is 2.21 bits per heavy atom. The van der Waals surface area contributed by atoms with Crippen LogP contribution in [-0.2, 0) is 11.3 Å². The van der Waals surface area contributed by atoms with Gasteiger partial charge in [0, 0.05) is 26.7 Å². The number of piperazine rings is 1. The van der Waals surface area contributed by atoms with Gasteiger partial charge in [-0.25, -0.2) is 4.98 Å². The van der Waals surface area contributed by atoms with E-state index in [4.69, 9.17) is 4.74 Å². The number of aromatic nitrogens is 2. The van der Waals surface area contributed by atoms with E-state index in [2.05, 4.69) is 49.8 Å². The summed E-state index contributed by atoms with van der Waals surface area (Å²) in [6.45, 7) is 3.16. The molecule has 1 aliphatic rings. The minimum Gasteiger partial charge on any atom is -0.378 e. The molecule has 1 fully saturated rings. The van der Waals surface area contributed by atoms with Crippen molar-refractivity contribution in [2.45, 2.75) is 12.6 Å². The van der Waals surface area contributed by atoms with Gasteiger partial charge in [0.2, 0.25) is 0 Å². The number of hydrogen-bond donors (Lipinski definition) is 1. The first-order chi connectivity index (χ1) is 9.02. The lowest BCUT2D eigenvalue weighted by Gasteiger charge is -2.37. The molecule has 1 saturated heterocycles. The van der Waals surface area contributed by atoms with Crippen LogP contribution in [0.25, 0.3) is 0 Å². The normalized spacial score (nSPS) is 21.8. The number of nitrogens with one attached hydrogen (secondary N) is 1. The minimum absolute atomic E-state index is 0.107. The lowest BCUT2D eigenvalue weighted by atomic mass is 10.1. The number of hydrogen-bond acceptors (Lipinski definition) is 5. The van der Waals surface area contributed by atoms with Gasteiger partial charge in [0.15, 0.2) is 0 Å². The van der Waals surface area contributed by atoms with Crippen LogP contribution >= 0.6 is 15.9 Å². The molecule has 1 N–H and O–H groups in total. The lowest BCUT2D eigenvalue weighted by Crippen LogP contribution is -2.45. The SMILES string of the molecule is COCc1nc(C2CN(C)CCN2C)[nH]c(=O)c1Br. The van der Waals surface area contributed by atoms with Crippen LogP contribution < -0.4 is 5.56 Å². The molecule has 1 aliphatic heterocycles. The molecule has 0 aromatic carbocycles. The van der Waals surface area contributed by atoms with E-state index in [0.29, 0.717) is 22.6 Å². The lowest BCUT2D eigenvalue weighted by molar-refractivity contribution is 0.108. The fourth-order valence-corrected chi connectivity index (χ4v) is 2.52. The monoisotopic (exact) mass is 330 g/mol. The zero-order valence-corrected chi connectivity index (χ0v) is 13.0. The minimum atomic E-state index is -0.154. The van der Waals surface area contributed by atoms with Gasteiger partial charge < -0.3 is 14.6 Å². The topological polar surface area (TPSA) is 61.5 Å². The molecule has 0 aliphatic carbocycles. The highest BCUT2D eigenvalue weighted by Gasteiger charge is 2.26. The van der Waals surface area contributed by atoms with Gasteiger partial charge in [0.1, 0.15) is 10.3 Å². The van der Waals surface area contributed by atoms with Crippen molar-refractivity contribution in [2.24, 2.45) is 0 Å². The molecule has 1 unspecified atom stereocenters. The third-order valence-electron chi connectivity index (χ3n) is 3.40. The number of ether oxygens (including phenoxy) is 1. The number of aromatic amines is 1. The van der Waals surface area contributed by atoms with Gasteiger partial charge >= 0.3 is 0 Å². The van der Waals surface area contributed by atoms with E-state index in [1.807, 2.05) is 0 Å². The quantitative estimate of drug-likeness (QED) is 0.879. The molecule has 106 valence electrons. The summed E-state index contributed by atoms with van der Waals surface area (Å²) in [6.07, 6.45) is 0. The highest BCUT2D eigenvalue weighted by molar-refractivity contribution is 9.10. The van der Waals surface area contributed by atoms with Crippen molar-refractivity contribution in [1.29, 1.82) is 0 Å². The first-order valence-corrected chi connectivity index (χ1v) is 6.98. The van der Waals surface area contributed by atoms with E-state index in [9.17, 15) is 4.79 Å². The number of nitrogens with zero attached hydrogens (tertiary/aromatic N) is 3. The Bertz CT molecular complexity index is 505. The largest absolute Gasteiger partial charge is 0.378 e. The van der Waals surface area contributed by atoms with Gasteiger partial charge in [0.05, 0.1) is 18.3 Å². The predicted octanol–water partition coefficient (Wildman–Crippen LogP) is 0.597. The maximum atomic E-state index is 11.9. The van der Waals surface area contributed by atoms with E-state index in [0.717, 1.165) is 19.6 Å². The van der Waals surface area contributed by atoms with E-state index < -0.39 is 0 Å². The maximum absolute atomic E-state index is 11.9. The Morgan fingerprint density at radius 1 is 1.47 bits per heavy atom. The average molecular weight is 331 g/mol. The van der Waals surface area contributed by atoms with Crippen LogP contribution in [0.15, 0.2) is 9.27 Å². The van der Waals surface area contributed by atoms with E-state index >= 15 is 0 Å². The van der Waals surface area contributed by atoms with Gasteiger partial charge in [-0.3, -0.25) is 9.69 Å². The average Bonchev–Trinajstić information content (AvgIpc) is 2.38. The molecule has 7 heteroatoms. The van der Waals surface area contributed by atoms with Crippen molar-refractivity contribution in [3.05, 3.63) is 26.3 Å². The summed E-state index contributed by atoms with van der Waals surface area (Å²) in [4.78, 5) is 23.8. The molecular weight excluding hydrogens is 312 g/mol. The summed E-state index contributed by atoms with van der Waals surface area (Å²) in [5.74, 6) is 0.703. The van der Waals surface area contributed by atoms with Crippen molar-refractivity contribution in [2.75, 3.05) is 40.8 Å². The second-order valence-corrected chi connectivity index (χ2v) is 5.70. The number of halogens is 1. The maximum Gasteiger partial charge on any atom is 0.265 e. The Hall–Kier alpha value is -0.760. The molecule has 6 nitrogen and oxygen atoms in total. The van der Waals surface area contributed by atoms with Gasteiger partial charge in [0.25, 0.3) is 5.56 Å². The second-order valence-electron chi connectivity index (χ2n) is 4.90. The van der Waals surface area contributed by atoms with Crippen LogP contribution in [-0.4, -0.2) is 60.6 Å². The van der Waals surface area contributed by atoms with Gasteiger partial charge in [-0.15, -0.1) is 0 Å². The van der Waals surface area contributed by atoms with E-state index in [1.54, 1.807) is 7.11 Å². The molecule has 1 aromatic heterocycles. The molecule has 0 bridgehead atoms. The molecule has 1 aromatic rings. The highest BCUT2D eigenvalue weighted by Crippen LogP contribution is 2.21. The number of methoxy groups -OCH3 is 1. The van der Waals surface area contributed by atoms with Crippen LogP contribution in [0.1, 0.15) is 17.6 Å². The molecule has 0 saturated carbocycles. The standard InChI is InChI=1S/C12H19BrN4O2/c1-16-4-5-17(2)9(6-16)11-14-8(7-19-3)10(13)12(18)15-11/h9H,4-7H2,1-3H3,(H,14,15,18). The third kappa shape index (κ3) is 3.22. The van der Waals surface area contributed by atoms with Crippen LogP contribution in [0, 0.1) is 0 Å². The first kappa shape index (κ1) is 14.6. The molecule has 1 atom stereocenters. The summed E-state index contributed by atoms with van der Waals surface area (Å²) >= 11 is 3.26. The van der Waals surface area contributed by atoms with Crippen LogP contribution in [0.3, 0.4) is 0 Å². The molecule has 2 heterocycles. The predicted molar refractivity (Wildman–Crippen MR) is 76.1 cm³/mol. The van der Waals surface area contributed by atoms with Crippen LogP contribution in [0.4, 0.5) is 0 Å². The number of likely N-dealkylation sites (N-methyl/N-ethyl adjacent to an activating group) is 2. The Kier molecular flexibility index (Phi) is 4.72. The molecular formula is C12H19BrN4O2. The van der Waals surface area contributed by atoms with Crippen molar-refractivity contribution in [3.8, 4) is 0 Å². The Labute approximate surface area is 120 Å². The molecule has 19 heavy (non-hydrogen) atoms. The van der Waals surface area contributed by atoms with Gasteiger partial charge in [-0.05, 0) is 30.0 Å². The van der Waals surface area contributed by atoms with Gasteiger partial charge in [-0.2, -0.15) is 0 Å². The summed E-state index contributed by atoms with van der Waals surface area (Å²) in [6, 6.07) is 0.107. The number of rotatable bonds is 3. The molecule has 0 amide bonds. The summed E-state index contributed by atoms with van der Waals surface area (Å²) in [5, 5.41) is 0. The van der Waals surface area contributed by atoms with E-state index in [1.165, 1.54) is 0 Å². The summed E-state index contributed by atoms with van der Waals surface area (Å²) in [7, 11) is 5.72. The van der Waals surface area contributed by atoms with E-state index in [-0.39, 0.29) is 11.6 Å². The Morgan fingerprint density at radius 3 is 2.89 bits per heavy atom. The fraction of sp³-hybridized carbons (Fsp3) is 0.667. The zero-order valence-electron chi connectivity index (χ0n) is 11.4. The van der Waals surface area contributed by atoms with Crippen LogP contribution in [0.2, 0.25) is 0 Å². The molecule has 2 rings (SSSR count). The second kappa shape index (κ2) is 6.13. The zero-order chi connectivity index (χ0) is 14.0. The third-order valence-corrected chi connectivity index (χ3v) is 4.22. The summed E-state index contributed by atoms with van der Waals surface area (Å²) < 4.78 is 5.53. The number of H-pyrrole nitrogens is 1. The van der Waals surface area contributed by atoms with Crippen molar-refractivity contribution in [1.82, 2.24) is 19.8 Å². The Balaban J connectivity index is 2.36. The fourth-order valence-electron chi connectivity index (χ4n) is 2.22. The highest BCUT2D eigenvalue weighted by atomic mass is 79.9. The van der Waals surface area contributed by atoms with Crippen molar-refractivity contribution < 1.29 is 4.74 Å². The van der Waals surface area contributed by atoms with Gasteiger partial charge in [-0.1, -0.05) is 0 Å². The first-order valence-electron chi connectivity index (χ1n) is 6.19. The summed E-state index contributed by atoms with van der Waals surface area (Å²) in [5.41, 5.74) is 0.488. The smallest absolute Gasteiger partial charge is 0.265 e. The molecule has 0 radical (unpaired) electrons.